The average Bonchev–Trinajstić information content (AvgIpc) is 4.01. The zero-order valence-corrected chi connectivity index (χ0v) is 36.0. The van der Waals surface area contributed by atoms with Gasteiger partial charge in [-0.3, -0.25) is 0 Å². The van der Waals surface area contributed by atoms with Gasteiger partial charge in [-0.05, 0) is 81.4 Å². The van der Waals surface area contributed by atoms with Crippen molar-refractivity contribution in [1.29, 1.82) is 0 Å². The second-order valence-corrected chi connectivity index (χ2v) is 20.6. The third-order valence-electron chi connectivity index (χ3n) is 13.6. The van der Waals surface area contributed by atoms with Crippen LogP contribution >= 0.6 is 0 Å². The summed E-state index contributed by atoms with van der Waals surface area (Å²) in [6.07, 6.45) is 0. The van der Waals surface area contributed by atoms with Crippen LogP contribution in [0, 0.1) is 0 Å². The van der Waals surface area contributed by atoms with Crippen LogP contribution in [-0.2, 0) is 0 Å². The number of fused-ring (bicyclic) bond motifs is 9. The first-order valence-electron chi connectivity index (χ1n) is 22.1. The smallest absolute Gasteiger partial charge is 0.181 e. The number of hydrogen-bond donors (Lipinski definition) is 0. The summed E-state index contributed by atoms with van der Waals surface area (Å²) >= 11 is 0. The molecule has 3 nitrogen and oxygen atoms in total. The highest BCUT2D eigenvalue weighted by atomic mass is 28.3. The summed E-state index contributed by atoms with van der Waals surface area (Å²) in [6.45, 7) is 0. The third kappa shape index (κ3) is 5.21. The first kappa shape index (κ1) is 36.5. The van der Waals surface area contributed by atoms with Gasteiger partial charge in [0.25, 0.3) is 0 Å². The van der Waals surface area contributed by atoms with Crippen molar-refractivity contribution < 1.29 is 0 Å². The summed E-state index contributed by atoms with van der Waals surface area (Å²) in [6, 6.07) is 92.4. The molecular weight excluding hydrogens is 791 g/mol. The number of hydrogen-bond acceptors (Lipinski definition) is 0. The van der Waals surface area contributed by atoms with E-state index in [0.29, 0.717) is 0 Å². The molecule has 0 radical (unpaired) electrons. The predicted molar refractivity (Wildman–Crippen MR) is 273 cm³/mol. The molecule has 0 spiro atoms. The molecule has 0 aliphatic heterocycles. The number of aromatic nitrogens is 3. The standard InChI is InChI=1S/C60H41N3Si/c1-5-21-42(22-6-1)61-55-40-39-43(62-52-33-16-13-29-47(52)48-30-14-17-34-53(48)62)41-51(55)59-56(61)36-20-37-57(59)63-54-35-18-15-31-49(54)50-32-19-38-58(60(50)63)64(44-23-7-2-8-24-44,45-25-9-3-10-26-45)46-27-11-4-12-28-46/h1-41H. The molecule has 3 aromatic heterocycles. The molecule has 10 aromatic carbocycles. The first-order valence-corrected chi connectivity index (χ1v) is 24.1. The summed E-state index contributed by atoms with van der Waals surface area (Å²) in [5.74, 6) is 0. The molecule has 0 atom stereocenters. The fraction of sp³-hybridized carbons (Fsp3) is 0. The van der Waals surface area contributed by atoms with E-state index in [-0.39, 0.29) is 0 Å². The summed E-state index contributed by atoms with van der Waals surface area (Å²) in [5, 5.41) is 12.8. The van der Waals surface area contributed by atoms with Gasteiger partial charge in [0, 0.05) is 43.7 Å². The van der Waals surface area contributed by atoms with Crippen LogP contribution in [0.1, 0.15) is 0 Å². The molecule has 0 fully saturated rings. The van der Waals surface area contributed by atoms with Crippen LogP contribution in [0.5, 0.6) is 0 Å². The van der Waals surface area contributed by atoms with Gasteiger partial charge in [0.05, 0.1) is 38.8 Å². The SMILES string of the molecule is c1ccc(-n2c3ccc(-n4c5ccccc5c5ccccc54)cc3c3c(-n4c5ccccc5c5cccc([Si](c6ccccc6)(c6ccccc6)c6ccccc6)c54)cccc32)cc1. The van der Waals surface area contributed by atoms with Crippen molar-refractivity contribution in [3.05, 3.63) is 249 Å². The second kappa shape index (κ2) is 14.5. The molecule has 13 aromatic rings. The van der Waals surface area contributed by atoms with Gasteiger partial charge in [-0.1, -0.05) is 188 Å². The van der Waals surface area contributed by atoms with E-state index >= 15 is 0 Å². The molecule has 0 aliphatic carbocycles. The molecular formula is C60H41N3Si. The lowest BCUT2D eigenvalue weighted by atomic mass is 10.1. The fourth-order valence-electron chi connectivity index (χ4n) is 11.0. The number of para-hydroxylation sites is 5. The minimum atomic E-state index is -2.99. The van der Waals surface area contributed by atoms with Crippen molar-refractivity contribution in [2.45, 2.75) is 0 Å². The normalized spacial score (nSPS) is 12.1. The molecule has 4 heteroatoms. The molecule has 0 unspecified atom stereocenters. The fourth-order valence-corrected chi connectivity index (χ4v) is 16.0. The van der Waals surface area contributed by atoms with E-state index in [1.807, 2.05) is 0 Å². The van der Waals surface area contributed by atoms with Gasteiger partial charge in [-0.25, -0.2) is 0 Å². The van der Waals surface area contributed by atoms with E-state index in [1.165, 1.54) is 86.2 Å². The molecule has 0 bridgehead atoms. The Morgan fingerprint density at radius 3 is 1.27 bits per heavy atom. The van der Waals surface area contributed by atoms with Crippen LogP contribution in [0.15, 0.2) is 249 Å². The van der Waals surface area contributed by atoms with Crippen LogP contribution in [0.4, 0.5) is 0 Å². The lowest BCUT2D eigenvalue weighted by Gasteiger charge is -2.35. The molecule has 0 saturated heterocycles. The summed E-state index contributed by atoms with van der Waals surface area (Å²) in [4.78, 5) is 0. The molecule has 0 amide bonds. The van der Waals surface area contributed by atoms with Crippen molar-refractivity contribution in [3.63, 3.8) is 0 Å². The number of rotatable bonds is 7. The Kier molecular flexibility index (Phi) is 8.23. The maximum absolute atomic E-state index is 2.99. The van der Waals surface area contributed by atoms with Crippen LogP contribution < -0.4 is 20.7 Å². The van der Waals surface area contributed by atoms with Crippen LogP contribution in [0.25, 0.3) is 82.5 Å². The summed E-state index contributed by atoms with van der Waals surface area (Å²) in [5.41, 5.74) is 10.6. The highest BCUT2D eigenvalue weighted by Crippen LogP contribution is 2.42. The van der Waals surface area contributed by atoms with Crippen molar-refractivity contribution in [2.24, 2.45) is 0 Å². The van der Waals surface area contributed by atoms with Gasteiger partial charge in [0.2, 0.25) is 0 Å². The van der Waals surface area contributed by atoms with Gasteiger partial charge < -0.3 is 13.7 Å². The Bertz CT molecular complexity index is 3730. The summed E-state index contributed by atoms with van der Waals surface area (Å²) in [7, 11) is -2.99. The third-order valence-corrected chi connectivity index (χ3v) is 18.4. The number of benzene rings is 10. The van der Waals surface area contributed by atoms with Gasteiger partial charge in [0.15, 0.2) is 8.07 Å². The van der Waals surface area contributed by atoms with Gasteiger partial charge in [-0.2, -0.15) is 0 Å². The highest BCUT2D eigenvalue weighted by Gasteiger charge is 2.43. The van der Waals surface area contributed by atoms with Gasteiger partial charge in [0.1, 0.15) is 0 Å². The lowest BCUT2D eigenvalue weighted by Crippen LogP contribution is -2.75. The van der Waals surface area contributed by atoms with Crippen molar-refractivity contribution in [3.8, 4) is 17.1 Å². The molecule has 0 aliphatic rings. The van der Waals surface area contributed by atoms with Crippen LogP contribution in [0.2, 0.25) is 0 Å². The van der Waals surface area contributed by atoms with Crippen LogP contribution in [0.3, 0.4) is 0 Å². The van der Waals surface area contributed by atoms with E-state index < -0.39 is 8.07 Å². The molecule has 0 saturated carbocycles. The van der Waals surface area contributed by atoms with Gasteiger partial charge >= 0.3 is 0 Å². The Labute approximate surface area is 372 Å². The van der Waals surface area contributed by atoms with E-state index in [9.17, 15) is 0 Å². The molecule has 13 rings (SSSR count). The average molecular weight is 832 g/mol. The van der Waals surface area contributed by atoms with E-state index in [2.05, 4.69) is 262 Å². The molecule has 3 heterocycles. The molecule has 300 valence electrons. The maximum Gasteiger partial charge on any atom is 0.181 e. The Morgan fingerprint density at radius 2 is 0.688 bits per heavy atom. The minimum Gasteiger partial charge on any atom is -0.309 e. The van der Waals surface area contributed by atoms with E-state index in [1.54, 1.807) is 0 Å². The molecule has 0 N–H and O–H groups in total. The second-order valence-electron chi connectivity index (χ2n) is 16.8. The Balaban J connectivity index is 1.21. The van der Waals surface area contributed by atoms with Crippen molar-refractivity contribution in [2.75, 3.05) is 0 Å². The first-order chi connectivity index (χ1) is 31.8. The quantitative estimate of drug-likeness (QED) is 0.112. The van der Waals surface area contributed by atoms with E-state index in [4.69, 9.17) is 0 Å². The van der Waals surface area contributed by atoms with E-state index in [0.717, 1.165) is 17.1 Å². The largest absolute Gasteiger partial charge is 0.309 e. The van der Waals surface area contributed by atoms with Crippen molar-refractivity contribution in [1.82, 2.24) is 13.7 Å². The van der Waals surface area contributed by atoms with Crippen LogP contribution in [-0.4, -0.2) is 21.8 Å². The monoisotopic (exact) mass is 831 g/mol. The lowest BCUT2D eigenvalue weighted by molar-refractivity contribution is 1.16. The number of nitrogens with zero attached hydrogens (tertiary/aromatic N) is 3. The minimum absolute atomic E-state index is 1.14. The Hall–Kier alpha value is -8.18. The predicted octanol–water partition coefficient (Wildman–Crippen LogP) is 12.4. The van der Waals surface area contributed by atoms with Gasteiger partial charge in [-0.15, -0.1) is 0 Å². The Morgan fingerprint density at radius 1 is 0.266 bits per heavy atom. The highest BCUT2D eigenvalue weighted by molar-refractivity contribution is 7.20. The van der Waals surface area contributed by atoms with Crippen molar-refractivity contribution >= 4 is 94.2 Å². The molecule has 64 heavy (non-hydrogen) atoms. The zero-order valence-electron chi connectivity index (χ0n) is 35.0. The topological polar surface area (TPSA) is 14.8 Å². The maximum atomic E-state index is 2.61. The summed E-state index contributed by atoms with van der Waals surface area (Å²) < 4.78 is 7.51. The zero-order chi connectivity index (χ0) is 42.2.